The van der Waals surface area contributed by atoms with Crippen molar-refractivity contribution in [2.24, 2.45) is 4.99 Å². The van der Waals surface area contributed by atoms with Crippen molar-refractivity contribution in [1.29, 1.82) is 0 Å². The molecule has 1 aliphatic rings. The Morgan fingerprint density at radius 2 is 2.21 bits per heavy atom. The molecule has 1 unspecified atom stereocenters. The maximum atomic E-state index is 5.38. The van der Waals surface area contributed by atoms with E-state index in [2.05, 4.69) is 52.6 Å². The molecule has 150 valence electrons. The predicted molar refractivity (Wildman–Crippen MR) is 115 cm³/mol. The summed E-state index contributed by atoms with van der Waals surface area (Å²) in [4.78, 5) is 11.6. The van der Waals surface area contributed by atoms with Crippen molar-refractivity contribution >= 4 is 11.6 Å². The summed E-state index contributed by atoms with van der Waals surface area (Å²) in [5, 5.41) is 6.98. The highest BCUT2D eigenvalue weighted by atomic mass is 16.5. The summed E-state index contributed by atoms with van der Waals surface area (Å²) < 4.78 is 5.38. The molecule has 0 radical (unpaired) electrons. The van der Waals surface area contributed by atoms with Crippen LogP contribution in [0.15, 0.2) is 47.6 Å². The fourth-order valence-corrected chi connectivity index (χ4v) is 3.49. The molecule has 1 atom stereocenters. The largest absolute Gasteiger partial charge is 0.497 e. The Morgan fingerprint density at radius 3 is 3.00 bits per heavy atom. The van der Waals surface area contributed by atoms with Crippen molar-refractivity contribution in [2.75, 3.05) is 31.6 Å². The first kappa shape index (κ1) is 20.0. The first-order valence-corrected chi connectivity index (χ1v) is 10.0. The van der Waals surface area contributed by atoms with Crippen molar-refractivity contribution in [3.63, 3.8) is 0 Å². The van der Waals surface area contributed by atoms with Crippen LogP contribution in [-0.4, -0.2) is 43.7 Å². The van der Waals surface area contributed by atoms with Crippen LogP contribution in [0.5, 0.6) is 5.75 Å². The molecule has 0 aliphatic carbocycles. The van der Waals surface area contributed by atoms with E-state index in [0.717, 1.165) is 49.9 Å². The van der Waals surface area contributed by atoms with E-state index in [0.29, 0.717) is 12.6 Å². The number of anilines is 1. The van der Waals surface area contributed by atoms with Gasteiger partial charge in [-0.15, -0.1) is 0 Å². The Hall–Kier alpha value is -2.76. The number of aliphatic imine (C=N–C) groups is 1. The molecule has 1 aromatic carbocycles. The highest BCUT2D eigenvalue weighted by Crippen LogP contribution is 2.24. The van der Waals surface area contributed by atoms with Crippen LogP contribution in [0.25, 0.3) is 0 Å². The molecule has 3 rings (SSSR count). The zero-order valence-electron chi connectivity index (χ0n) is 17.1. The Morgan fingerprint density at radius 1 is 1.32 bits per heavy atom. The van der Waals surface area contributed by atoms with Crippen LogP contribution < -0.4 is 20.3 Å². The van der Waals surface area contributed by atoms with Crippen molar-refractivity contribution in [1.82, 2.24) is 15.6 Å². The molecule has 0 bridgehead atoms. The third-order valence-corrected chi connectivity index (χ3v) is 5.03. The number of benzene rings is 1. The number of methoxy groups -OCH3 is 1. The first-order valence-electron chi connectivity index (χ1n) is 10.0. The Balaban J connectivity index is 1.65. The van der Waals surface area contributed by atoms with E-state index in [1.165, 1.54) is 11.3 Å². The lowest BCUT2D eigenvalue weighted by atomic mass is 10.0. The minimum absolute atomic E-state index is 0.350. The molecule has 0 amide bonds. The highest BCUT2D eigenvalue weighted by Gasteiger charge is 2.21. The van der Waals surface area contributed by atoms with Gasteiger partial charge in [0, 0.05) is 43.6 Å². The van der Waals surface area contributed by atoms with Crippen LogP contribution in [0.4, 0.5) is 5.69 Å². The average Bonchev–Trinajstić information content (AvgIpc) is 2.73. The highest BCUT2D eigenvalue weighted by molar-refractivity contribution is 5.80. The van der Waals surface area contributed by atoms with Crippen LogP contribution in [0.3, 0.4) is 0 Å². The number of guanidine groups is 1. The SMILES string of the molecule is CCNC(=NCc1ncccc1C)NC1CCCN(c2cccc(OC)c2)C1. The van der Waals surface area contributed by atoms with Crippen molar-refractivity contribution < 1.29 is 4.74 Å². The van der Waals surface area contributed by atoms with E-state index in [4.69, 9.17) is 9.73 Å². The molecule has 2 aromatic rings. The van der Waals surface area contributed by atoms with E-state index in [-0.39, 0.29) is 0 Å². The number of nitrogens with zero attached hydrogens (tertiary/aromatic N) is 3. The normalized spacial score (nSPS) is 17.3. The second-order valence-corrected chi connectivity index (χ2v) is 7.09. The zero-order chi connectivity index (χ0) is 19.8. The minimum Gasteiger partial charge on any atom is -0.497 e. The van der Waals surface area contributed by atoms with Crippen molar-refractivity contribution in [3.8, 4) is 5.75 Å². The van der Waals surface area contributed by atoms with Gasteiger partial charge in [0.15, 0.2) is 5.96 Å². The molecule has 2 N–H and O–H groups in total. The molecule has 0 spiro atoms. The first-order chi connectivity index (χ1) is 13.7. The van der Waals surface area contributed by atoms with Crippen LogP contribution in [0, 0.1) is 6.92 Å². The third-order valence-electron chi connectivity index (χ3n) is 5.03. The summed E-state index contributed by atoms with van der Waals surface area (Å²) in [6, 6.07) is 12.7. The molecule has 1 aliphatic heterocycles. The summed E-state index contributed by atoms with van der Waals surface area (Å²) in [7, 11) is 1.71. The number of aromatic nitrogens is 1. The van der Waals surface area contributed by atoms with E-state index in [9.17, 15) is 0 Å². The average molecular weight is 382 g/mol. The maximum absolute atomic E-state index is 5.38. The van der Waals surface area contributed by atoms with E-state index >= 15 is 0 Å². The molecule has 1 aromatic heterocycles. The standard InChI is InChI=1S/C22H31N5O/c1-4-23-22(25-15-21-17(2)8-6-12-24-21)26-18-9-7-13-27(16-18)19-10-5-11-20(14-19)28-3/h5-6,8,10-12,14,18H,4,7,9,13,15-16H2,1-3H3,(H2,23,25,26). The Bertz CT molecular complexity index is 792. The lowest BCUT2D eigenvalue weighted by Crippen LogP contribution is -2.51. The molecular formula is C22H31N5O. The fraction of sp³-hybridized carbons (Fsp3) is 0.455. The van der Waals surface area contributed by atoms with Gasteiger partial charge in [0.25, 0.3) is 0 Å². The Kier molecular flexibility index (Phi) is 7.12. The Labute approximate surface area is 168 Å². The molecule has 6 nitrogen and oxygen atoms in total. The van der Waals surface area contributed by atoms with E-state index < -0.39 is 0 Å². The van der Waals surface area contributed by atoms with Crippen LogP contribution in [-0.2, 0) is 6.54 Å². The molecule has 0 saturated carbocycles. The topological polar surface area (TPSA) is 61.8 Å². The van der Waals surface area contributed by atoms with Crippen LogP contribution in [0.2, 0.25) is 0 Å². The molecule has 1 fully saturated rings. The summed E-state index contributed by atoms with van der Waals surface area (Å²) in [5.74, 6) is 1.75. The molecule has 2 heterocycles. The third kappa shape index (κ3) is 5.38. The van der Waals surface area contributed by atoms with Gasteiger partial charge in [0.1, 0.15) is 5.75 Å². The second kappa shape index (κ2) is 9.97. The summed E-state index contributed by atoms with van der Waals surface area (Å²) in [5.41, 5.74) is 3.39. The van der Waals surface area contributed by atoms with Gasteiger partial charge in [-0.05, 0) is 50.5 Å². The van der Waals surface area contributed by atoms with Crippen molar-refractivity contribution in [2.45, 2.75) is 39.3 Å². The van der Waals surface area contributed by atoms with Gasteiger partial charge in [-0.2, -0.15) is 0 Å². The van der Waals surface area contributed by atoms with Crippen molar-refractivity contribution in [3.05, 3.63) is 53.9 Å². The number of hydrogen-bond donors (Lipinski definition) is 2. The monoisotopic (exact) mass is 381 g/mol. The van der Waals surface area contributed by atoms with Crippen LogP contribution in [0.1, 0.15) is 31.0 Å². The number of hydrogen-bond acceptors (Lipinski definition) is 4. The number of pyridine rings is 1. The quantitative estimate of drug-likeness (QED) is 0.595. The summed E-state index contributed by atoms with van der Waals surface area (Å²) in [6.45, 7) is 7.58. The fourth-order valence-electron chi connectivity index (χ4n) is 3.49. The smallest absolute Gasteiger partial charge is 0.191 e. The van der Waals surface area contributed by atoms with E-state index in [1.807, 2.05) is 24.4 Å². The lowest BCUT2D eigenvalue weighted by Gasteiger charge is -2.35. The lowest BCUT2D eigenvalue weighted by molar-refractivity contribution is 0.414. The predicted octanol–water partition coefficient (Wildman–Crippen LogP) is 3.12. The number of ether oxygens (including phenoxy) is 1. The molecular weight excluding hydrogens is 350 g/mol. The van der Waals surface area contributed by atoms with Gasteiger partial charge in [0.05, 0.1) is 19.3 Å². The maximum Gasteiger partial charge on any atom is 0.191 e. The van der Waals surface area contributed by atoms with Gasteiger partial charge >= 0.3 is 0 Å². The number of piperidine rings is 1. The van der Waals surface area contributed by atoms with Gasteiger partial charge in [-0.1, -0.05) is 12.1 Å². The number of nitrogens with one attached hydrogen (secondary N) is 2. The molecule has 1 saturated heterocycles. The number of aryl methyl sites for hydroxylation is 1. The van der Waals surface area contributed by atoms with Gasteiger partial charge in [-0.25, -0.2) is 4.99 Å². The van der Waals surface area contributed by atoms with Gasteiger partial charge in [-0.3, -0.25) is 4.98 Å². The summed E-state index contributed by atoms with van der Waals surface area (Å²) in [6.07, 6.45) is 4.10. The zero-order valence-corrected chi connectivity index (χ0v) is 17.1. The van der Waals surface area contributed by atoms with Gasteiger partial charge in [0.2, 0.25) is 0 Å². The second-order valence-electron chi connectivity index (χ2n) is 7.09. The van der Waals surface area contributed by atoms with Crippen LogP contribution >= 0.6 is 0 Å². The number of rotatable bonds is 6. The van der Waals surface area contributed by atoms with E-state index in [1.54, 1.807) is 7.11 Å². The molecule has 28 heavy (non-hydrogen) atoms. The minimum atomic E-state index is 0.350. The molecule has 6 heteroatoms. The summed E-state index contributed by atoms with van der Waals surface area (Å²) >= 11 is 0. The van der Waals surface area contributed by atoms with Gasteiger partial charge < -0.3 is 20.3 Å².